The molecule has 0 amide bonds. The maximum Gasteiger partial charge on any atom is 0.0545 e. The van der Waals surface area contributed by atoms with E-state index in [1.165, 1.54) is 16.3 Å². The molecule has 2 nitrogen and oxygen atoms in total. The average Bonchev–Trinajstić information content (AvgIpc) is 2.56. The molecule has 14 heavy (non-hydrogen) atoms. The second-order valence-electron chi connectivity index (χ2n) is 3.13. The second kappa shape index (κ2) is 3.16. The quantitative estimate of drug-likeness (QED) is 0.552. The van der Waals surface area contributed by atoms with Crippen LogP contribution in [0.3, 0.4) is 0 Å². The Morgan fingerprint density at radius 2 is 1.71 bits per heavy atom. The summed E-state index contributed by atoms with van der Waals surface area (Å²) in [5, 5.41) is 2.52. The van der Waals surface area contributed by atoms with Gasteiger partial charge in [-0.3, -0.25) is 0 Å². The highest BCUT2D eigenvalue weighted by Gasteiger charge is 2.00. The van der Waals surface area contributed by atoms with Gasteiger partial charge in [0.05, 0.1) is 5.52 Å². The summed E-state index contributed by atoms with van der Waals surface area (Å²) in [5.74, 6) is 0. The van der Waals surface area contributed by atoms with Gasteiger partial charge in [-0.05, 0) is 6.07 Å². The molecule has 2 aromatic carbocycles. The summed E-state index contributed by atoms with van der Waals surface area (Å²) in [6.45, 7) is 0. The molecule has 0 unspecified atom stereocenters. The SMILES string of the molecule is N.[c]1cccc2c1[nH]c1ccccc12. The zero-order chi connectivity index (χ0) is 8.67. The number of fused-ring (bicyclic) bond motifs is 3. The van der Waals surface area contributed by atoms with Crippen LogP contribution in [0, 0.1) is 6.07 Å². The Hall–Kier alpha value is -1.80. The highest BCUT2D eigenvalue weighted by molar-refractivity contribution is 6.06. The molecular formula is C12H11N2. The van der Waals surface area contributed by atoms with Crippen LogP contribution in [0.2, 0.25) is 0 Å². The van der Waals surface area contributed by atoms with Crippen LogP contribution >= 0.6 is 0 Å². The Balaban J connectivity index is 0.000000750. The standard InChI is InChI=1S/C12H8N.H3N/c1-3-7-11-9(5-1)10-6-2-4-8-12(10)13-11;/h1-7,13H;1H3. The molecule has 0 bridgehead atoms. The third kappa shape index (κ3) is 1.09. The Kier molecular flexibility index (Phi) is 1.98. The molecule has 1 radical (unpaired) electrons. The van der Waals surface area contributed by atoms with E-state index in [0.29, 0.717) is 0 Å². The van der Waals surface area contributed by atoms with Gasteiger partial charge in [0.2, 0.25) is 0 Å². The van der Waals surface area contributed by atoms with Crippen molar-refractivity contribution in [3.8, 4) is 0 Å². The number of benzene rings is 2. The number of aromatic nitrogens is 1. The molecule has 1 aromatic heterocycles. The first-order chi connectivity index (χ1) is 6.45. The lowest BCUT2D eigenvalue weighted by atomic mass is 10.2. The van der Waals surface area contributed by atoms with Crippen molar-refractivity contribution in [3.05, 3.63) is 48.5 Å². The minimum absolute atomic E-state index is 0. The molecule has 3 aromatic rings. The predicted octanol–water partition coefficient (Wildman–Crippen LogP) is 3.28. The summed E-state index contributed by atoms with van der Waals surface area (Å²) in [7, 11) is 0. The summed E-state index contributed by atoms with van der Waals surface area (Å²) in [4.78, 5) is 3.32. The molecule has 4 N–H and O–H groups in total. The van der Waals surface area contributed by atoms with E-state index < -0.39 is 0 Å². The van der Waals surface area contributed by atoms with Crippen molar-refractivity contribution in [2.45, 2.75) is 0 Å². The van der Waals surface area contributed by atoms with E-state index in [9.17, 15) is 0 Å². The zero-order valence-corrected chi connectivity index (χ0v) is 7.75. The van der Waals surface area contributed by atoms with Gasteiger partial charge in [0.15, 0.2) is 0 Å². The fourth-order valence-corrected chi connectivity index (χ4v) is 1.73. The number of H-pyrrole nitrogens is 1. The van der Waals surface area contributed by atoms with E-state index in [-0.39, 0.29) is 6.15 Å². The van der Waals surface area contributed by atoms with E-state index in [1.54, 1.807) is 0 Å². The molecule has 3 rings (SSSR count). The minimum atomic E-state index is 0. The lowest BCUT2D eigenvalue weighted by Gasteiger charge is -1.87. The van der Waals surface area contributed by atoms with Crippen molar-refractivity contribution in [2.75, 3.05) is 0 Å². The summed E-state index contributed by atoms with van der Waals surface area (Å²) < 4.78 is 0. The van der Waals surface area contributed by atoms with Crippen molar-refractivity contribution in [1.82, 2.24) is 11.1 Å². The third-order valence-electron chi connectivity index (χ3n) is 2.33. The van der Waals surface area contributed by atoms with Gasteiger partial charge in [0, 0.05) is 22.4 Å². The van der Waals surface area contributed by atoms with Gasteiger partial charge in [0.1, 0.15) is 0 Å². The summed E-state index contributed by atoms with van der Waals surface area (Å²) in [5.41, 5.74) is 2.27. The van der Waals surface area contributed by atoms with Gasteiger partial charge >= 0.3 is 0 Å². The van der Waals surface area contributed by atoms with Crippen LogP contribution in [0.15, 0.2) is 42.5 Å². The van der Waals surface area contributed by atoms with Crippen molar-refractivity contribution in [3.63, 3.8) is 0 Å². The molecule has 0 saturated heterocycles. The largest absolute Gasteiger partial charge is 0.354 e. The molecule has 0 aliphatic carbocycles. The number of para-hydroxylation sites is 2. The van der Waals surface area contributed by atoms with Gasteiger partial charge in [-0.25, -0.2) is 0 Å². The smallest absolute Gasteiger partial charge is 0.0545 e. The van der Waals surface area contributed by atoms with Gasteiger partial charge < -0.3 is 11.1 Å². The molecule has 69 valence electrons. The Morgan fingerprint density at radius 1 is 0.929 bits per heavy atom. The maximum atomic E-state index is 3.32. The molecule has 0 spiro atoms. The first kappa shape index (κ1) is 8.78. The molecular weight excluding hydrogens is 172 g/mol. The molecule has 0 aliphatic heterocycles. The number of rotatable bonds is 0. The van der Waals surface area contributed by atoms with E-state index >= 15 is 0 Å². The van der Waals surface area contributed by atoms with E-state index in [0.717, 1.165) is 5.52 Å². The van der Waals surface area contributed by atoms with Crippen LogP contribution in [-0.2, 0) is 0 Å². The third-order valence-corrected chi connectivity index (χ3v) is 2.33. The maximum absolute atomic E-state index is 3.32. The zero-order valence-electron chi connectivity index (χ0n) is 7.75. The fraction of sp³-hybridized carbons (Fsp3) is 0. The number of aromatic amines is 1. The Morgan fingerprint density at radius 3 is 2.64 bits per heavy atom. The van der Waals surface area contributed by atoms with Gasteiger partial charge in [-0.2, -0.15) is 0 Å². The molecule has 0 fully saturated rings. The van der Waals surface area contributed by atoms with Crippen LogP contribution in [0.1, 0.15) is 0 Å². The number of hydrogen-bond donors (Lipinski definition) is 2. The highest BCUT2D eigenvalue weighted by atomic mass is 14.7. The van der Waals surface area contributed by atoms with Gasteiger partial charge in [-0.15, -0.1) is 0 Å². The molecule has 1 heterocycles. The lowest BCUT2D eigenvalue weighted by molar-refractivity contribution is 1.54. The van der Waals surface area contributed by atoms with Crippen LogP contribution in [0.4, 0.5) is 0 Å². The fourth-order valence-electron chi connectivity index (χ4n) is 1.73. The molecule has 0 saturated carbocycles. The normalized spacial score (nSPS) is 10.3. The minimum Gasteiger partial charge on any atom is -0.354 e. The summed E-state index contributed by atoms with van der Waals surface area (Å²) in [6, 6.07) is 17.6. The topological polar surface area (TPSA) is 50.8 Å². The lowest BCUT2D eigenvalue weighted by Crippen LogP contribution is -1.63. The Labute approximate surface area is 82.1 Å². The highest BCUT2D eigenvalue weighted by Crippen LogP contribution is 2.23. The van der Waals surface area contributed by atoms with Crippen LogP contribution in [0.25, 0.3) is 21.8 Å². The summed E-state index contributed by atoms with van der Waals surface area (Å²) >= 11 is 0. The average molecular weight is 183 g/mol. The predicted molar refractivity (Wildman–Crippen MR) is 59.7 cm³/mol. The molecule has 0 atom stereocenters. The van der Waals surface area contributed by atoms with Gasteiger partial charge in [0.25, 0.3) is 0 Å². The van der Waals surface area contributed by atoms with Crippen molar-refractivity contribution >= 4 is 21.8 Å². The second-order valence-corrected chi connectivity index (χ2v) is 3.13. The monoisotopic (exact) mass is 183 g/mol. The summed E-state index contributed by atoms with van der Waals surface area (Å²) in [6.07, 6.45) is 0. The first-order valence-electron chi connectivity index (χ1n) is 4.32. The molecule has 0 aliphatic rings. The van der Waals surface area contributed by atoms with Crippen LogP contribution < -0.4 is 6.15 Å². The van der Waals surface area contributed by atoms with Gasteiger partial charge in [-0.1, -0.05) is 36.4 Å². The Bertz CT molecular complexity index is 516. The van der Waals surface area contributed by atoms with Crippen LogP contribution in [-0.4, -0.2) is 4.98 Å². The first-order valence-corrected chi connectivity index (χ1v) is 4.32. The van der Waals surface area contributed by atoms with E-state index in [2.05, 4.69) is 35.3 Å². The van der Waals surface area contributed by atoms with E-state index in [1.807, 2.05) is 18.2 Å². The molecule has 2 heteroatoms. The number of nitrogens with one attached hydrogen (secondary N) is 1. The van der Waals surface area contributed by atoms with Crippen molar-refractivity contribution < 1.29 is 0 Å². The number of hydrogen-bond acceptors (Lipinski definition) is 1. The van der Waals surface area contributed by atoms with Crippen molar-refractivity contribution in [1.29, 1.82) is 0 Å². The van der Waals surface area contributed by atoms with Crippen LogP contribution in [0.5, 0.6) is 0 Å². The van der Waals surface area contributed by atoms with E-state index in [4.69, 9.17) is 0 Å². The van der Waals surface area contributed by atoms with Crippen molar-refractivity contribution in [2.24, 2.45) is 0 Å².